The Morgan fingerprint density at radius 1 is 1.57 bits per heavy atom. The lowest BCUT2D eigenvalue weighted by Gasteiger charge is -2.14. The van der Waals surface area contributed by atoms with Crippen molar-refractivity contribution >= 4 is 23.5 Å². The second-order valence-electron chi connectivity index (χ2n) is 5.69. The van der Waals surface area contributed by atoms with E-state index in [9.17, 15) is 0 Å². The van der Waals surface area contributed by atoms with Crippen LogP contribution >= 0.6 is 12.2 Å². The van der Waals surface area contributed by atoms with Crippen LogP contribution in [-0.4, -0.2) is 48.9 Å². The number of hydrogen-bond donors (Lipinski definition) is 2. The SMILES string of the molecule is COCCNC(=S)N/N=C\c1cc(C)n(C[C@H]2CCCO2)c1C. The second kappa shape index (κ2) is 9.00. The Kier molecular flexibility index (Phi) is 7.01. The molecule has 2 rings (SSSR count). The number of aromatic nitrogens is 1. The van der Waals surface area contributed by atoms with Crippen molar-refractivity contribution in [3.8, 4) is 0 Å². The number of ether oxygens (including phenoxy) is 2. The lowest BCUT2D eigenvalue weighted by molar-refractivity contribution is 0.0962. The summed E-state index contributed by atoms with van der Waals surface area (Å²) in [4.78, 5) is 0. The molecule has 0 spiro atoms. The van der Waals surface area contributed by atoms with Crippen LogP contribution in [0, 0.1) is 13.8 Å². The summed E-state index contributed by atoms with van der Waals surface area (Å²) in [7, 11) is 1.66. The fraction of sp³-hybridized carbons (Fsp3) is 0.625. The van der Waals surface area contributed by atoms with Gasteiger partial charge in [0.15, 0.2) is 5.11 Å². The van der Waals surface area contributed by atoms with Gasteiger partial charge in [-0.25, -0.2) is 0 Å². The fourth-order valence-electron chi connectivity index (χ4n) is 2.70. The third-order valence-corrected chi connectivity index (χ3v) is 4.22. The maximum atomic E-state index is 5.73. The van der Waals surface area contributed by atoms with Gasteiger partial charge < -0.3 is 19.4 Å². The number of aryl methyl sites for hydroxylation is 1. The van der Waals surface area contributed by atoms with E-state index in [0.29, 0.717) is 24.4 Å². The minimum absolute atomic E-state index is 0.334. The number of nitrogens with one attached hydrogen (secondary N) is 2. The quantitative estimate of drug-likeness (QED) is 0.343. The average molecular weight is 338 g/mol. The molecule has 1 atom stereocenters. The molecule has 2 N–H and O–H groups in total. The van der Waals surface area contributed by atoms with Crippen molar-refractivity contribution < 1.29 is 9.47 Å². The highest BCUT2D eigenvalue weighted by atomic mass is 32.1. The summed E-state index contributed by atoms with van der Waals surface area (Å²) in [5, 5.41) is 7.70. The van der Waals surface area contributed by atoms with Gasteiger partial charge in [-0.2, -0.15) is 5.10 Å². The van der Waals surface area contributed by atoms with Gasteiger partial charge in [-0.3, -0.25) is 5.43 Å². The molecular weight excluding hydrogens is 312 g/mol. The van der Waals surface area contributed by atoms with Gasteiger partial charge in [0.05, 0.1) is 18.9 Å². The van der Waals surface area contributed by atoms with Crippen molar-refractivity contribution in [3.63, 3.8) is 0 Å². The maximum Gasteiger partial charge on any atom is 0.187 e. The molecule has 1 aliphatic rings. The standard InChI is InChI=1S/C16H26N4O2S/c1-12-9-14(10-18-19-16(23)17-6-8-21-3)13(2)20(12)11-15-5-4-7-22-15/h9-10,15H,4-8,11H2,1-3H3,(H2,17,19,23)/b18-10-/t15-/m1/s1. The number of hydrogen-bond acceptors (Lipinski definition) is 4. The highest BCUT2D eigenvalue weighted by Crippen LogP contribution is 2.19. The Balaban J connectivity index is 1.89. The molecular formula is C16H26N4O2S. The molecule has 1 aliphatic heterocycles. The normalized spacial score (nSPS) is 17.8. The van der Waals surface area contributed by atoms with Gasteiger partial charge in [0.2, 0.25) is 0 Å². The fourth-order valence-corrected chi connectivity index (χ4v) is 2.85. The third-order valence-electron chi connectivity index (χ3n) is 3.98. The van der Waals surface area contributed by atoms with Gasteiger partial charge in [0, 0.05) is 43.8 Å². The van der Waals surface area contributed by atoms with Crippen LogP contribution in [0.1, 0.15) is 29.8 Å². The Morgan fingerprint density at radius 3 is 3.09 bits per heavy atom. The summed E-state index contributed by atoms with van der Waals surface area (Å²) in [6.45, 7) is 7.29. The van der Waals surface area contributed by atoms with E-state index in [1.807, 2.05) is 0 Å². The largest absolute Gasteiger partial charge is 0.383 e. The predicted molar refractivity (Wildman–Crippen MR) is 96.1 cm³/mol. The van der Waals surface area contributed by atoms with Crippen LogP contribution < -0.4 is 10.7 Å². The number of nitrogens with zero attached hydrogens (tertiary/aromatic N) is 2. The molecule has 128 valence electrons. The molecule has 0 aromatic carbocycles. The van der Waals surface area contributed by atoms with Gasteiger partial charge in [0.25, 0.3) is 0 Å². The van der Waals surface area contributed by atoms with Crippen LogP contribution in [0.4, 0.5) is 0 Å². The lowest BCUT2D eigenvalue weighted by Crippen LogP contribution is -2.34. The Hall–Kier alpha value is -1.44. The summed E-state index contributed by atoms with van der Waals surface area (Å²) < 4.78 is 13.0. The second-order valence-corrected chi connectivity index (χ2v) is 6.10. The Labute approximate surface area is 143 Å². The van der Waals surface area contributed by atoms with E-state index in [4.69, 9.17) is 21.7 Å². The topological polar surface area (TPSA) is 59.8 Å². The summed E-state index contributed by atoms with van der Waals surface area (Å²) in [6.07, 6.45) is 4.44. The van der Waals surface area contributed by atoms with Crippen LogP contribution in [0.25, 0.3) is 0 Å². The van der Waals surface area contributed by atoms with E-state index in [-0.39, 0.29) is 0 Å². The molecule has 7 heteroatoms. The first kappa shape index (κ1) is 17.9. The molecule has 1 aromatic heterocycles. The van der Waals surface area contributed by atoms with Crippen LogP contribution in [0.3, 0.4) is 0 Å². The smallest absolute Gasteiger partial charge is 0.187 e. The third kappa shape index (κ3) is 5.30. The highest BCUT2D eigenvalue weighted by molar-refractivity contribution is 7.80. The Morgan fingerprint density at radius 2 is 2.39 bits per heavy atom. The molecule has 23 heavy (non-hydrogen) atoms. The average Bonchev–Trinajstić information content (AvgIpc) is 3.12. The molecule has 0 bridgehead atoms. The van der Waals surface area contributed by atoms with Crippen molar-refractivity contribution in [2.45, 2.75) is 39.3 Å². The van der Waals surface area contributed by atoms with E-state index < -0.39 is 0 Å². The predicted octanol–water partition coefficient (Wildman–Crippen LogP) is 1.73. The van der Waals surface area contributed by atoms with Gasteiger partial charge >= 0.3 is 0 Å². The molecule has 0 unspecified atom stereocenters. The maximum absolute atomic E-state index is 5.73. The number of rotatable bonds is 7. The van der Waals surface area contributed by atoms with Crippen molar-refractivity contribution in [1.29, 1.82) is 0 Å². The van der Waals surface area contributed by atoms with Crippen LogP contribution in [-0.2, 0) is 16.0 Å². The molecule has 0 aliphatic carbocycles. The van der Waals surface area contributed by atoms with Crippen LogP contribution in [0.5, 0.6) is 0 Å². The minimum atomic E-state index is 0.334. The first-order chi connectivity index (χ1) is 11.1. The van der Waals surface area contributed by atoms with Crippen molar-refractivity contribution in [3.05, 3.63) is 23.0 Å². The summed E-state index contributed by atoms with van der Waals surface area (Å²) in [6, 6.07) is 2.14. The first-order valence-electron chi connectivity index (χ1n) is 7.96. The Bertz CT molecular complexity index is 551. The zero-order valence-corrected chi connectivity index (χ0v) is 14.9. The van der Waals surface area contributed by atoms with Gasteiger partial charge in [-0.1, -0.05) is 0 Å². The molecule has 6 nitrogen and oxygen atoms in total. The van der Waals surface area contributed by atoms with Gasteiger partial charge in [0.1, 0.15) is 0 Å². The van der Waals surface area contributed by atoms with E-state index in [1.54, 1.807) is 13.3 Å². The van der Waals surface area contributed by atoms with Gasteiger partial charge in [-0.05, 0) is 45.0 Å². The van der Waals surface area contributed by atoms with Crippen LogP contribution in [0.2, 0.25) is 0 Å². The first-order valence-corrected chi connectivity index (χ1v) is 8.36. The summed E-state index contributed by atoms with van der Waals surface area (Å²) in [5.74, 6) is 0. The van der Waals surface area contributed by atoms with Crippen molar-refractivity contribution in [2.75, 3.05) is 26.9 Å². The zero-order valence-electron chi connectivity index (χ0n) is 14.1. The van der Waals surface area contributed by atoms with Crippen molar-refractivity contribution in [1.82, 2.24) is 15.3 Å². The molecule has 1 saturated heterocycles. The zero-order chi connectivity index (χ0) is 16.7. The van der Waals surface area contributed by atoms with Crippen molar-refractivity contribution in [2.24, 2.45) is 5.10 Å². The van der Waals surface area contributed by atoms with E-state index in [0.717, 1.165) is 31.6 Å². The number of methoxy groups -OCH3 is 1. The highest BCUT2D eigenvalue weighted by Gasteiger charge is 2.18. The van der Waals surface area contributed by atoms with E-state index in [2.05, 4.69) is 40.3 Å². The van der Waals surface area contributed by atoms with Crippen LogP contribution in [0.15, 0.2) is 11.2 Å². The number of thiocarbonyl (C=S) groups is 1. The van der Waals surface area contributed by atoms with E-state index >= 15 is 0 Å². The summed E-state index contributed by atoms with van der Waals surface area (Å²) >= 11 is 5.13. The molecule has 2 heterocycles. The van der Waals surface area contributed by atoms with Gasteiger partial charge in [-0.15, -0.1) is 0 Å². The molecule has 0 radical (unpaired) electrons. The summed E-state index contributed by atoms with van der Waals surface area (Å²) in [5.41, 5.74) is 6.33. The minimum Gasteiger partial charge on any atom is -0.383 e. The van der Waals surface area contributed by atoms with E-state index in [1.165, 1.54) is 11.4 Å². The molecule has 1 aromatic rings. The molecule has 1 fully saturated rings. The lowest BCUT2D eigenvalue weighted by atomic mass is 10.2. The molecule has 0 amide bonds. The monoisotopic (exact) mass is 338 g/mol. The number of hydrazone groups is 1. The molecule has 0 saturated carbocycles.